The van der Waals surface area contributed by atoms with E-state index < -0.39 is 0 Å². The number of ether oxygens (including phenoxy) is 3. The predicted octanol–water partition coefficient (Wildman–Crippen LogP) is 7.29. The second-order valence-corrected chi connectivity index (χ2v) is 11.4. The summed E-state index contributed by atoms with van der Waals surface area (Å²) in [6.45, 7) is 3.73. The Morgan fingerprint density at radius 1 is 0.976 bits per heavy atom. The van der Waals surface area contributed by atoms with Crippen LogP contribution in [0.25, 0.3) is 20.8 Å². The Labute approximate surface area is 253 Å². The highest BCUT2D eigenvalue weighted by Crippen LogP contribution is 2.36. The van der Waals surface area contributed by atoms with Crippen molar-refractivity contribution in [2.45, 2.75) is 13.5 Å². The van der Waals surface area contributed by atoms with Crippen LogP contribution in [0.4, 0.5) is 11.4 Å². The summed E-state index contributed by atoms with van der Waals surface area (Å²) in [5, 5.41) is 1.02. The minimum atomic E-state index is -0.213. The van der Waals surface area contributed by atoms with Gasteiger partial charge in [-0.25, -0.2) is 4.98 Å². The molecule has 0 spiro atoms. The molecule has 9 heteroatoms. The van der Waals surface area contributed by atoms with Crippen LogP contribution in [-0.2, 0) is 11.3 Å². The molecule has 1 aliphatic rings. The number of thiazole rings is 1. The van der Waals surface area contributed by atoms with Crippen molar-refractivity contribution in [3.63, 3.8) is 0 Å². The number of hydrogen-bond donors (Lipinski definition) is 0. The molecule has 0 saturated carbocycles. The molecule has 214 valence electrons. The van der Waals surface area contributed by atoms with Gasteiger partial charge >= 0.3 is 0 Å². The number of hydrogen-bond acceptors (Lipinski definition) is 7. The second kappa shape index (κ2) is 12.3. The van der Waals surface area contributed by atoms with Crippen molar-refractivity contribution in [2.24, 2.45) is 0 Å². The largest absolute Gasteiger partial charge is 0.491 e. The monoisotopic (exact) mass is 599 g/mol. The van der Waals surface area contributed by atoms with Gasteiger partial charge in [-0.3, -0.25) is 4.79 Å². The van der Waals surface area contributed by atoms with E-state index in [1.807, 2.05) is 37.4 Å². The van der Waals surface area contributed by atoms with Gasteiger partial charge in [0.15, 0.2) is 11.5 Å². The Kier molecular flexibility index (Phi) is 8.17. The normalized spacial score (nSPS) is 12.0. The van der Waals surface area contributed by atoms with E-state index in [4.69, 9.17) is 30.8 Å². The maximum atomic E-state index is 12.8. The highest BCUT2D eigenvalue weighted by atomic mass is 35.5. The van der Waals surface area contributed by atoms with Crippen molar-refractivity contribution < 1.29 is 19.0 Å². The Hall–Kier alpha value is -4.27. The SMILES string of the molecule is Cc1ccc2nc(-c3ccc(N(C)CCOc4ccccc4CN(C(=O)CCl)c4ccc5c(c4)OCO5)cc3)sc2c1. The molecule has 4 aromatic carbocycles. The number of rotatable bonds is 10. The lowest BCUT2D eigenvalue weighted by atomic mass is 10.1. The van der Waals surface area contributed by atoms with E-state index in [0.29, 0.717) is 36.9 Å². The second-order valence-electron chi connectivity index (χ2n) is 10.1. The highest BCUT2D eigenvalue weighted by molar-refractivity contribution is 7.21. The summed E-state index contributed by atoms with van der Waals surface area (Å²) >= 11 is 7.69. The zero-order valence-corrected chi connectivity index (χ0v) is 25.0. The number of benzene rings is 4. The van der Waals surface area contributed by atoms with Gasteiger partial charge in [-0.15, -0.1) is 22.9 Å². The van der Waals surface area contributed by atoms with Gasteiger partial charge in [0, 0.05) is 35.6 Å². The quantitative estimate of drug-likeness (QED) is 0.157. The first-order chi connectivity index (χ1) is 20.5. The average molecular weight is 600 g/mol. The third kappa shape index (κ3) is 6.00. The fourth-order valence-electron chi connectivity index (χ4n) is 4.83. The molecule has 5 aromatic rings. The van der Waals surface area contributed by atoms with Gasteiger partial charge in [0.05, 0.1) is 23.3 Å². The Morgan fingerprint density at radius 2 is 1.76 bits per heavy atom. The highest BCUT2D eigenvalue weighted by Gasteiger charge is 2.21. The first-order valence-electron chi connectivity index (χ1n) is 13.6. The van der Waals surface area contributed by atoms with Gasteiger partial charge in [0.25, 0.3) is 0 Å². The molecular weight excluding hydrogens is 570 g/mol. The number of fused-ring (bicyclic) bond motifs is 2. The number of halogens is 1. The third-order valence-corrected chi connectivity index (χ3v) is 8.46. The van der Waals surface area contributed by atoms with Crippen LogP contribution in [0.1, 0.15) is 11.1 Å². The maximum Gasteiger partial charge on any atom is 0.242 e. The fourth-order valence-corrected chi connectivity index (χ4v) is 6.04. The van der Waals surface area contributed by atoms with Crippen LogP contribution in [0.3, 0.4) is 0 Å². The number of aryl methyl sites for hydroxylation is 1. The summed E-state index contributed by atoms with van der Waals surface area (Å²) < 4.78 is 18.4. The first kappa shape index (κ1) is 27.9. The Bertz CT molecular complexity index is 1720. The van der Waals surface area contributed by atoms with E-state index in [1.165, 1.54) is 10.3 Å². The third-order valence-electron chi connectivity index (χ3n) is 7.17. The number of anilines is 2. The van der Waals surface area contributed by atoms with Crippen LogP contribution in [0, 0.1) is 6.92 Å². The van der Waals surface area contributed by atoms with Crippen molar-refractivity contribution in [3.8, 4) is 27.8 Å². The van der Waals surface area contributed by atoms with Gasteiger partial charge in [-0.1, -0.05) is 24.3 Å². The minimum absolute atomic E-state index is 0.139. The molecule has 1 amide bonds. The maximum absolute atomic E-state index is 12.8. The summed E-state index contributed by atoms with van der Waals surface area (Å²) in [5.41, 5.74) is 6.04. The molecule has 1 aromatic heterocycles. The van der Waals surface area contributed by atoms with Crippen LogP contribution in [0.5, 0.6) is 17.2 Å². The van der Waals surface area contributed by atoms with Gasteiger partial charge in [-0.2, -0.15) is 0 Å². The van der Waals surface area contributed by atoms with E-state index in [1.54, 1.807) is 28.4 Å². The molecule has 0 radical (unpaired) electrons. The topological polar surface area (TPSA) is 64.1 Å². The minimum Gasteiger partial charge on any atom is -0.491 e. The Morgan fingerprint density at radius 3 is 2.60 bits per heavy atom. The average Bonchev–Trinajstić information content (AvgIpc) is 3.66. The summed E-state index contributed by atoms with van der Waals surface area (Å²) in [6, 6.07) is 28.0. The lowest BCUT2D eigenvalue weighted by Crippen LogP contribution is -2.31. The summed E-state index contributed by atoms with van der Waals surface area (Å²) in [4.78, 5) is 21.4. The molecule has 0 aliphatic carbocycles. The van der Waals surface area contributed by atoms with E-state index in [2.05, 4.69) is 54.3 Å². The number of para-hydroxylation sites is 1. The number of amides is 1. The molecule has 0 bridgehead atoms. The lowest BCUT2D eigenvalue weighted by Gasteiger charge is -2.24. The zero-order valence-electron chi connectivity index (χ0n) is 23.4. The molecule has 1 aliphatic heterocycles. The summed E-state index contributed by atoms with van der Waals surface area (Å²) in [7, 11) is 2.05. The van der Waals surface area contributed by atoms with E-state index >= 15 is 0 Å². The number of likely N-dealkylation sites (N-methyl/N-ethyl adjacent to an activating group) is 1. The van der Waals surface area contributed by atoms with Gasteiger partial charge in [0.1, 0.15) is 23.2 Å². The molecule has 0 atom stereocenters. The van der Waals surface area contributed by atoms with Gasteiger partial charge in [0.2, 0.25) is 12.7 Å². The molecule has 6 rings (SSSR count). The smallest absolute Gasteiger partial charge is 0.242 e. The van der Waals surface area contributed by atoms with Crippen molar-refractivity contribution in [1.29, 1.82) is 0 Å². The zero-order chi connectivity index (χ0) is 29.1. The number of aromatic nitrogens is 1. The van der Waals surface area contributed by atoms with Crippen LogP contribution in [0.2, 0.25) is 0 Å². The summed E-state index contributed by atoms with van der Waals surface area (Å²) in [5.74, 6) is 1.64. The molecule has 0 N–H and O–H groups in total. The predicted molar refractivity (Wildman–Crippen MR) is 169 cm³/mol. The molecular formula is C33H30ClN3O4S. The Balaban J connectivity index is 1.10. The van der Waals surface area contributed by atoms with Crippen LogP contribution >= 0.6 is 22.9 Å². The van der Waals surface area contributed by atoms with Gasteiger partial charge in [-0.05, 0) is 67.1 Å². The van der Waals surface area contributed by atoms with Crippen LogP contribution < -0.4 is 24.0 Å². The van der Waals surface area contributed by atoms with Crippen LogP contribution in [-0.4, -0.2) is 43.8 Å². The van der Waals surface area contributed by atoms with Crippen molar-refractivity contribution in [2.75, 3.05) is 42.7 Å². The van der Waals surface area contributed by atoms with Crippen LogP contribution in [0.15, 0.2) is 84.9 Å². The lowest BCUT2D eigenvalue weighted by molar-refractivity contribution is -0.116. The van der Waals surface area contributed by atoms with E-state index in [0.717, 1.165) is 33.1 Å². The molecule has 7 nitrogen and oxygen atoms in total. The van der Waals surface area contributed by atoms with Gasteiger partial charge < -0.3 is 24.0 Å². The number of nitrogens with zero attached hydrogens (tertiary/aromatic N) is 3. The number of carbonyl (C=O) groups is 1. The molecule has 2 heterocycles. The molecule has 0 saturated heterocycles. The fraction of sp³-hybridized carbons (Fsp3) is 0.212. The standard InChI is InChI=1S/C33H30ClN3O4S/c1-22-7-13-27-31(17-22)42-33(35-27)23-8-10-25(11-9-23)36(2)15-16-39-28-6-4-3-5-24(28)20-37(32(38)19-34)26-12-14-29-30(18-26)41-21-40-29/h3-14,17-18H,15-16,19-21H2,1-2H3. The van der Waals surface area contributed by atoms with E-state index in [-0.39, 0.29) is 18.6 Å². The molecule has 0 fully saturated rings. The number of alkyl halides is 1. The molecule has 42 heavy (non-hydrogen) atoms. The summed E-state index contributed by atoms with van der Waals surface area (Å²) in [6.07, 6.45) is 0. The molecule has 0 unspecified atom stereocenters. The van der Waals surface area contributed by atoms with Crippen molar-refractivity contribution in [3.05, 3.63) is 96.1 Å². The van der Waals surface area contributed by atoms with E-state index in [9.17, 15) is 4.79 Å². The van der Waals surface area contributed by atoms with Crippen molar-refractivity contribution in [1.82, 2.24) is 4.98 Å². The first-order valence-corrected chi connectivity index (χ1v) is 15.0. The van der Waals surface area contributed by atoms with Crippen molar-refractivity contribution >= 4 is 50.4 Å². The number of carbonyl (C=O) groups excluding carboxylic acids is 1.